The summed E-state index contributed by atoms with van der Waals surface area (Å²) >= 11 is 0. The lowest BCUT2D eigenvalue weighted by Crippen LogP contribution is -2.15. The number of rotatable bonds is 7. The fourth-order valence-corrected chi connectivity index (χ4v) is 2.37. The van der Waals surface area contributed by atoms with Crippen molar-refractivity contribution in [1.82, 2.24) is 0 Å². The zero-order valence-electron chi connectivity index (χ0n) is 15.7. The van der Waals surface area contributed by atoms with Crippen LogP contribution in [0.2, 0.25) is 0 Å². The van der Waals surface area contributed by atoms with Gasteiger partial charge in [-0.1, -0.05) is 114 Å². The van der Waals surface area contributed by atoms with Crippen LogP contribution in [0.5, 0.6) is 0 Å². The Hall–Kier alpha value is 0. The van der Waals surface area contributed by atoms with Gasteiger partial charge < -0.3 is 0 Å². The molecule has 0 aliphatic rings. The number of hydrogen-bond donors (Lipinski definition) is 0. The first-order valence-corrected chi connectivity index (χ1v) is 9.00. The maximum absolute atomic E-state index is 2.30. The molecule has 0 saturated carbocycles. The molecular weight excluding hydrogens is 228 g/mol. The van der Waals surface area contributed by atoms with E-state index in [2.05, 4.69) is 62.3 Å². The topological polar surface area (TPSA) is 0 Å². The predicted octanol–water partition coefficient (Wildman–Crippen LogP) is 7.86. The summed E-state index contributed by atoms with van der Waals surface area (Å²) in [6, 6.07) is 0. The Kier molecular flexibility index (Phi) is 22.8. The second-order valence-corrected chi connectivity index (χ2v) is 5.71. The minimum atomic E-state index is 0.667. The average Bonchev–Trinajstić information content (AvgIpc) is 2.45. The molecule has 0 rings (SSSR count). The van der Waals surface area contributed by atoms with Crippen LogP contribution < -0.4 is 0 Å². The third-order valence-electron chi connectivity index (χ3n) is 4.73. The van der Waals surface area contributed by atoms with Crippen LogP contribution in [0.15, 0.2) is 0 Å². The molecule has 0 heteroatoms. The summed E-state index contributed by atoms with van der Waals surface area (Å²) in [5.74, 6) is 0.986. The standard InChI is InChI=1S/C9H20.C7H16.C3H8/c1-5-9(6-2,7-3)8-4;1-4-7(5-2)6-3;1-3-2/h5-8H2,1-4H3;7H,4-6H2,1-3H3;3H2,1-2H3. The molecule has 0 radical (unpaired) electrons. The van der Waals surface area contributed by atoms with Gasteiger partial charge in [0, 0.05) is 0 Å². The van der Waals surface area contributed by atoms with Gasteiger partial charge in [-0.25, -0.2) is 0 Å². The van der Waals surface area contributed by atoms with Crippen molar-refractivity contribution in [2.75, 3.05) is 0 Å². The zero-order valence-corrected chi connectivity index (χ0v) is 15.7. The summed E-state index contributed by atoms with van der Waals surface area (Å²) in [6.45, 7) is 20.2. The highest BCUT2D eigenvalue weighted by molar-refractivity contribution is 4.72. The third-order valence-corrected chi connectivity index (χ3v) is 4.73. The van der Waals surface area contributed by atoms with E-state index in [9.17, 15) is 0 Å². The van der Waals surface area contributed by atoms with E-state index in [4.69, 9.17) is 0 Å². The summed E-state index contributed by atoms with van der Waals surface area (Å²) in [4.78, 5) is 0. The van der Waals surface area contributed by atoms with Gasteiger partial charge in [0.25, 0.3) is 0 Å². The molecule has 0 saturated heterocycles. The Morgan fingerprint density at radius 1 is 0.526 bits per heavy atom. The summed E-state index contributed by atoms with van der Waals surface area (Å²) in [5, 5.41) is 0. The van der Waals surface area contributed by atoms with E-state index in [0.29, 0.717) is 5.41 Å². The van der Waals surface area contributed by atoms with E-state index < -0.39 is 0 Å². The minimum absolute atomic E-state index is 0.667. The molecule has 0 aromatic carbocycles. The van der Waals surface area contributed by atoms with Gasteiger partial charge in [0.15, 0.2) is 0 Å². The Bertz CT molecular complexity index is 106. The van der Waals surface area contributed by atoms with Crippen LogP contribution in [0.1, 0.15) is 114 Å². The molecule has 0 unspecified atom stereocenters. The lowest BCUT2D eigenvalue weighted by atomic mass is 9.78. The summed E-state index contributed by atoms with van der Waals surface area (Å²) in [5.41, 5.74) is 0.667. The predicted molar refractivity (Wildman–Crippen MR) is 93.9 cm³/mol. The summed E-state index contributed by atoms with van der Waals surface area (Å²) in [7, 11) is 0. The van der Waals surface area contributed by atoms with Crippen molar-refractivity contribution in [1.29, 1.82) is 0 Å². The summed E-state index contributed by atoms with van der Waals surface area (Å²) < 4.78 is 0. The van der Waals surface area contributed by atoms with Crippen LogP contribution in [-0.2, 0) is 0 Å². The Morgan fingerprint density at radius 2 is 0.737 bits per heavy atom. The monoisotopic (exact) mass is 272 g/mol. The van der Waals surface area contributed by atoms with Crippen LogP contribution in [0.3, 0.4) is 0 Å². The molecule has 0 aromatic rings. The summed E-state index contributed by atoms with van der Waals surface area (Å²) in [6.07, 6.45) is 10.7. The molecule has 0 heterocycles. The largest absolute Gasteiger partial charge is 0.0656 e. The molecule has 0 spiro atoms. The molecule has 0 aliphatic carbocycles. The van der Waals surface area contributed by atoms with Gasteiger partial charge in [-0.3, -0.25) is 0 Å². The smallest absolute Gasteiger partial charge is 0.0308 e. The van der Waals surface area contributed by atoms with Crippen molar-refractivity contribution >= 4 is 0 Å². The highest BCUT2D eigenvalue weighted by Gasteiger charge is 2.20. The average molecular weight is 273 g/mol. The fourth-order valence-electron chi connectivity index (χ4n) is 2.37. The van der Waals surface area contributed by atoms with Gasteiger partial charge in [0.05, 0.1) is 0 Å². The molecular formula is C19H44. The molecule has 19 heavy (non-hydrogen) atoms. The maximum atomic E-state index is 2.30. The van der Waals surface area contributed by atoms with E-state index >= 15 is 0 Å². The quantitative estimate of drug-likeness (QED) is 0.442. The Morgan fingerprint density at radius 3 is 0.737 bits per heavy atom. The highest BCUT2D eigenvalue weighted by Crippen LogP contribution is 2.33. The lowest BCUT2D eigenvalue weighted by Gasteiger charge is -2.28. The molecule has 0 aromatic heterocycles. The minimum Gasteiger partial charge on any atom is -0.0656 e. The molecule has 0 atom stereocenters. The Balaban J connectivity index is -0.000000228. The van der Waals surface area contributed by atoms with Crippen molar-refractivity contribution in [3.8, 4) is 0 Å². The third kappa shape index (κ3) is 14.2. The molecule has 120 valence electrons. The molecule has 0 nitrogen and oxygen atoms in total. The molecule has 0 amide bonds. The van der Waals surface area contributed by atoms with Crippen LogP contribution in [0.25, 0.3) is 0 Å². The normalized spacial score (nSPS) is 10.4. The molecule has 0 N–H and O–H groups in total. The van der Waals surface area contributed by atoms with Crippen LogP contribution >= 0.6 is 0 Å². The lowest BCUT2D eigenvalue weighted by molar-refractivity contribution is 0.240. The number of hydrogen-bond acceptors (Lipinski definition) is 0. The van der Waals surface area contributed by atoms with Crippen LogP contribution in [0.4, 0.5) is 0 Å². The van der Waals surface area contributed by atoms with Crippen LogP contribution in [0, 0.1) is 11.3 Å². The van der Waals surface area contributed by atoms with Gasteiger partial charge >= 0.3 is 0 Å². The second-order valence-electron chi connectivity index (χ2n) is 5.71. The zero-order chi connectivity index (χ0) is 15.7. The van der Waals surface area contributed by atoms with Crippen molar-refractivity contribution in [3.63, 3.8) is 0 Å². The van der Waals surface area contributed by atoms with Crippen molar-refractivity contribution in [3.05, 3.63) is 0 Å². The maximum Gasteiger partial charge on any atom is -0.0308 e. The first kappa shape index (κ1) is 24.0. The van der Waals surface area contributed by atoms with Gasteiger partial charge in [-0.2, -0.15) is 0 Å². The van der Waals surface area contributed by atoms with E-state index in [-0.39, 0.29) is 0 Å². The first-order chi connectivity index (χ1) is 9.00. The van der Waals surface area contributed by atoms with Crippen molar-refractivity contribution in [2.45, 2.75) is 114 Å². The van der Waals surface area contributed by atoms with Crippen molar-refractivity contribution < 1.29 is 0 Å². The molecule has 0 bridgehead atoms. The highest BCUT2D eigenvalue weighted by atomic mass is 14.3. The van der Waals surface area contributed by atoms with E-state index in [1.54, 1.807) is 0 Å². The van der Waals surface area contributed by atoms with E-state index in [1.165, 1.54) is 51.4 Å². The van der Waals surface area contributed by atoms with E-state index in [1.807, 2.05) is 0 Å². The van der Waals surface area contributed by atoms with Crippen molar-refractivity contribution in [2.24, 2.45) is 11.3 Å². The van der Waals surface area contributed by atoms with E-state index in [0.717, 1.165) is 5.92 Å². The van der Waals surface area contributed by atoms with Gasteiger partial charge in [-0.15, -0.1) is 0 Å². The Labute approximate surface area is 125 Å². The first-order valence-electron chi connectivity index (χ1n) is 9.00. The second kappa shape index (κ2) is 18.0. The van der Waals surface area contributed by atoms with Gasteiger partial charge in [-0.05, 0) is 11.3 Å². The van der Waals surface area contributed by atoms with Gasteiger partial charge in [0.2, 0.25) is 0 Å². The fraction of sp³-hybridized carbons (Fsp3) is 1.00. The molecule has 0 aliphatic heterocycles. The van der Waals surface area contributed by atoms with Crippen LogP contribution in [-0.4, -0.2) is 0 Å². The molecule has 0 fully saturated rings. The SMILES string of the molecule is CCC.CCC(CC)(CC)CC.CCC(CC)CC. The van der Waals surface area contributed by atoms with Gasteiger partial charge in [0.1, 0.15) is 0 Å².